The number of hydrogen-bond donors (Lipinski definition) is 1. The van der Waals surface area contributed by atoms with Crippen molar-refractivity contribution in [3.8, 4) is 0 Å². The van der Waals surface area contributed by atoms with Crippen LogP contribution >= 0.6 is 0 Å². The first-order chi connectivity index (χ1) is 4.54. The van der Waals surface area contributed by atoms with Crippen LogP contribution in [0.15, 0.2) is 12.2 Å². The average molecular weight is 149 g/mol. The smallest absolute Gasteiger partial charge is 0.255 e. The van der Waals surface area contributed by atoms with Crippen molar-refractivity contribution in [2.24, 2.45) is 0 Å². The van der Waals surface area contributed by atoms with Crippen molar-refractivity contribution in [2.45, 2.75) is 13.3 Å². The van der Waals surface area contributed by atoms with Crippen molar-refractivity contribution in [1.29, 1.82) is 0 Å². The average Bonchev–Trinajstić information content (AvgIpc) is 1.82. The zero-order valence-corrected chi connectivity index (χ0v) is 5.66. The number of nitrogens with one attached hydrogen (secondary N) is 1. The summed E-state index contributed by atoms with van der Waals surface area (Å²) in [5.74, 6) is -0.527. The van der Waals surface area contributed by atoms with E-state index in [-0.39, 0.29) is 5.57 Å². The zero-order chi connectivity index (χ0) is 8.15. The number of carbonyl (C=O) groups is 1. The molecule has 0 aliphatic heterocycles. The van der Waals surface area contributed by atoms with Crippen LogP contribution in [0.5, 0.6) is 0 Å². The fourth-order valence-electron chi connectivity index (χ4n) is 0.321. The quantitative estimate of drug-likeness (QED) is 0.594. The first-order valence-corrected chi connectivity index (χ1v) is 2.76. The number of amides is 1. The van der Waals surface area contributed by atoms with Crippen LogP contribution in [-0.2, 0) is 4.79 Å². The summed E-state index contributed by atoms with van der Waals surface area (Å²) in [6.45, 7) is 4.13. The maximum Gasteiger partial charge on any atom is 0.255 e. The van der Waals surface area contributed by atoms with Crippen molar-refractivity contribution in [3.05, 3.63) is 12.2 Å². The minimum atomic E-state index is -2.50. The summed E-state index contributed by atoms with van der Waals surface area (Å²) < 4.78 is 22.8. The predicted molar refractivity (Wildman–Crippen MR) is 33.8 cm³/mol. The van der Waals surface area contributed by atoms with E-state index >= 15 is 0 Å². The maximum absolute atomic E-state index is 11.4. The van der Waals surface area contributed by atoms with E-state index in [1.807, 2.05) is 5.32 Å². The molecule has 2 nitrogen and oxygen atoms in total. The maximum atomic E-state index is 11.4. The van der Waals surface area contributed by atoms with E-state index in [4.69, 9.17) is 0 Å². The molecule has 0 bridgehead atoms. The van der Waals surface area contributed by atoms with Gasteiger partial charge in [0.05, 0.1) is 6.54 Å². The molecule has 0 atom stereocenters. The standard InChI is InChI=1S/C6H9F2NO/c1-4(2)6(10)9-3-5(7)8/h5H,1,3H2,2H3,(H,9,10). The van der Waals surface area contributed by atoms with Gasteiger partial charge in [0.25, 0.3) is 6.43 Å². The highest BCUT2D eigenvalue weighted by Crippen LogP contribution is 1.90. The Morgan fingerprint density at radius 2 is 2.20 bits per heavy atom. The molecule has 1 amide bonds. The fraction of sp³-hybridized carbons (Fsp3) is 0.500. The molecule has 0 aromatic rings. The Morgan fingerprint density at radius 3 is 2.50 bits per heavy atom. The summed E-state index contributed by atoms with van der Waals surface area (Å²) in [6.07, 6.45) is -2.50. The van der Waals surface area contributed by atoms with E-state index in [1.165, 1.54) is 6.92 Å². The van der Waals surface area contributed by atoms with Crippen LogP contribution in [0.4, 0.5) is 8.78 Å². The monoisotopic (exact) mass is 149 g/mol. The highest BCUT2D eigenvalue weighted by Gasteiger charge is 2.05. The minimum absolute atomic E-state index is 0.237. The molecule has 4 heteroatoms. The van der Waals surface area contributed by atoms with Crippen LogP contribution in [0, 0.1) is 0 Å². The lowest BCUT2D eigenvalue weighted by atomic mass is 10.3. The van der Waals surface area contributed by atoms with Crippen LogP contribution in [0.1, 0.15) is 6.92 Å². The molecule has 0 heterocycles. The predicted octanol–water partition coefficient (Wildman–Crippen LogP) is 0.944. The summed E-state index contributed by atoms with van der Waals surface area (Å²) in [6, 6.07) is 0. The molecular weight excluding hydrogens is 140 g/mol. The van der Waals surface area contributed by atoms with Crippen molar-refractivity contribution in [2.75, 3.05) is 6.54 Å². The van der Waals surface area contributed by atoms with E-state index in [9.17, 15) is 13.6 Å². The van der Waals surface area contributed by atoms with Gasteiger partial charge in [-0.05, 0) is 6.92 Å². The molecule has 0 aromatic carbocycles. The first-order valence-electron chi connectivity index (χ1n) is 2.76. The lowest BCUT2D eigenvalue weighted by Crippen LogP contribution is -2.28. The highest BCUT2D eigenvalue weighted by atomic mass is 19.3. The van der Waals surface area contributed by atoms with E-state index in [2.05, 4.69) is 6.58 Å². The van der Waals surface area contributed by atoms with Gasteiger partial charge in [-0.25, -0.2) is 8.78 Å². The number of alkyl halides is 2. The van der Waals surface area contributed by atoms with E-state index in [0.717, 1.165) is 0 Å². The topological polar surface area (TPSA) is 29.1 Å². The molecule has 0 rings (SSSR count). The van der Waals surface area contributed by atoms with E-state index in [0.29, 0.717) is 0 Å². The van der Waals surface area contributed by atoms with Crippen LogP contribution in [0.25, 0.3) is 0 Å². The van der Waals surface area contributed by atoms with Gasteiger partial charge >= 0.3 is 0 Å². The van der Waals surface area contributed by atoms with Gasteiger partial charge in [-0.15, -0.1) is 0 Å². The van der Waals surface area contributed by atoms with Crippen molar-refractivity contribution < 1.29 is 13.6 Å². The number of halogens is 2. The summed E-state index contributed by atoms with van der Waals surface area (Å²) in [5, 5.41) is 1.99. The summed E-state index contributed by atoms with van der Waals surface area (Å²) in [7, 11) is 0. The van der Waals surface area contributed by atoms with Crippen LogP contribution in [0.3, 0.4) is 0 Å². The molecule has 10 heavy (non-hydrogen) atoms. The van der Waals surface area contributed by atoms with Gasteiger partial charge in [0.1, 0.15) is 0 Å². The van der Waals surface area contributed by atoms with Gasteiger partial charge in [0, 0.05) is 5.57 Å². The molecule has 0 unspecified atom stereocenters. The number of rotatable bonds is 3. The first kappa shape index (κ1) is 9.07. The molecule has 0 aliphatic rings. The van der Waals surface area contributed by atoms with Gasteiger partial charge in [-0.2, -0.15) is 0 Å². The second-order valence-electron chi connectivity index (χ2n) is 1.88. The van der Waals surface area contributed by atoms with Gasteiger partial charge in [0.2, 0.25) is 5.91 Å². The van der Waals surface area contributed by atoms with Crippen LogP contribution in [-0.4, -0.2) is 18.9 Å². The lowest BCUT2D eigenvalue weighted by molar-refractivity contribution is -0.118. The fourth-order valence-corrected chi connectivity index (χ4v) is 0.321. The van der Waals surface area contributed by atoms with E-state index < -0.39 is 18.9 Å². The number of carbonyl (C=O) groups excluding carboxylic acids is 1. The molecule has 0 aromatic heterocycles. The molecule has 58 valence electrons. The Balaban J connectivity index is 3.50. The second kappa shape index (κ2) is 3.98. The molecule has 0 spiro atoms. The van der Waals surface area contributed by atoms with Gasteiger partial charge in [-0.3, -0.25) is 4.79 Å². The molecular formula is C6H9F2NO. The molecule has 0 radical (unpaired) electrons. The Labute approximate surface area is 57.9 Å². The third kappa shape index (κ3) is 4.00. The zero-order valence-electron chi connectivity index (χ0n) is 5.66. The third-order valence-corrected chi connectivity index (χ3v) is 0.805. The Bertz CT molecular complexity index is 145. The molecule has 0 aliphatic carbocycles. The Hall–Kier alpha value is -0.930. The molecule has 0 saturated carbocycles. The highest BCUT2D eigenvalue weighted by molar-refractivity contribution is 5.92. The SMILES string of the molecule is C=C(C)C(=O)NCC(F)F. The largest absolute Gasteiger partial charge is 0.347 e. The van der Waals surface area contributed by atoms with Crippen LogP contribution in [0.2, 0.25) is 0 Å². The van der Waals surface area contributed by atoms with Crippen molar-refractivity contribution in [3.63, 3.8) is 0 Å². The Morgan fingerprint density at radius 1 is 1.70 bits per heavy atom. The lowest BCUT2D eigenvalue weighted by Gasteiger charge is -2.01. The van der Waals surface area contributed by atoms with Gasteiger partial charge in [-0.1, -0.05) is 6.58 Å². The van der Waals surface area contributed by atoms with Gasteiger partial charge in [0.15, 0.2) is 0 Å². The Kier molecular flexibility index (Phi) is 3.61. The van der Waals surface area contributed by atoms with Crippen molar-refractivity contribution in [1.82, 2.24) is 5.32 Å². The normalized spacial score (nSPS) is 9.60. The third-order valence-electron chi connectivity index (χ3n) is 0.805. The molecule has 0 fully saturated rings. The molecule has 0 saturated heterocycles. The minimum Gasteiger partial charge on any atom is -0.347 e. The van der Waals surface area contributed by atoms with Crippen LogP contribution < -0.4 is 5.32 Å². The second-order valence-corrected chi connectivity index (χ2v) is 1.88. The summed E-state index contributed by atoms with van der Waals surface area (Å²) in [5.41, 5.74) is 0.237. The summed E-state index contributed by atoms with van der Waals surface area (Å²) in [4.78, 5) is 10.5. The van der Waals surface area contributed by atoms with E-state index in [1.54, 1.807) is 0 Å². The summed E-state index contributed by atoms with van der Waals surface area (Å²) >= 11 is 0. The van der Waals surface area contributed by atoms with Crippen molar-refractivity contribution >= 4 is 5.91 Å². The molecule has 1 N–H and O–H groups in total. The number of hydrogen-bond acceptors (Lipinski definition) is 1. The van der Waals surface area contributed by atoms with Gasteiger partial charge < -0.3 is 5.32 Å².